The van der Waals surface area contributed by atoms with Crippen LogP contribution in [0.4, 0.5) is 0 Å². The summed E-state index contributed by atoms with van der Waals surface area (Å²) in [7, 11) is -2.75. The van der Waals surface area contributed by atoms with Crippen molar-refractivity contribution in [2.75, 3.05) is 13.2 Å². The van der Waals surface area contributed by atoms with E-state index in [-0.39, 0.29) is 0 Å². The molecule has 1 aliphatic heterocycles. The summed E-state index contributed by atoms with van der Waals surface area (Å²) in [5.74, 6) is 0. The lowest BCUT2D eigenvalue weighted by Gasteiger charge is -2.36. The summed E-state index contributed by atoms with van der Waals surface area (Å²) in [5, 5.41) is 0. The van der Waals surface area contributed by atoms with Gasteiger partial charge < -0.3 is 9.16 Å². The molecule has 1 atom stereocenters. The normalized spacial score (nSPS) is 18.8. The molecule has 0 amide bonds. The highest BCUT2D eigenvalue weighted by Gasteiger charge is 2.34. The van der Waals surface area contributed by atoms with Crippen LogP contribution in [-0.4, -0.2) is 35.3 Å². The lowest BCUT2D eigenvalue weighted by Crippen LogP contribution is -2.46. The van der Waals surface area contributed by atoms with Crippen molar-refractivity contribution in [1.29, 1.82) is 0 Å². The van der Waals surface area contributed by atoms with E-state index in [0.717, 1.165) is 13.2 Å². The van der Waals surface area contributed by atoms with E-state index in [1.165, 1.54) is 95.6 Å². The van der Waals surface area contributed by atoms with Gasteiger partial charge in [-0.3, -0.25) is 0 Å². The van der Waals surface area contributed by atoms with Crippen molar-refractivity contribution in [3.8, 4) is 0 Å². The van der Waals surface area contributed by atoms with E-state index in [9.17, 15) is 0 Å². The third-order valence-corrected chi connectivity index (χ3v) is 12.7. The van der Waals surface area contributed by atoms with Crippen molar-refractivity contribution in [3.05, 3.63) is 0 Å². The van der Waals surface area contributed by atoms with Gasteiger partial charge in [-0.05, 0) is 44.4 Å². The third-order valence-electron chi connectivity index (χ3n) is 6.42. The van der Waals surface area contributed by atoms with E-state index in [1.807, 2.05) is 0 Å². The summed E-state index contributed by atoms with van der Waals surface area (Å²) >= 11 is 0. The summed E-state index contributed by atoms with van der Waals surface area (Å²) in [5.41, 5.74) is 0.571. The molecule has 0 saturated carbocycles. The molecule has 1 aliphatic rings. The average Bonchev–Trinajstić information content (AvgIpc) is 2.63. The molecular formula is C23H50O2Si2. The molecule has 0 spiro atoms. The maximum Gasteiger partial charge on any atom is 0.186 e. The van der Waals surface area contributed by atoms with Gasteiger partial charge in [0.05, 0.1) is 8.07 Å². The molecule has 1 heterocycles. The van der Waals surface area contributed by atoms with Gasteiger partial charge >= 0.3 is 0 Å². The van der Waals surface area contributed by atoms with Crippen molar-refractivity contribution >= 4 is 16.4 Å². The van der Waals surface area contributed by atoms with E-state index in [1.54, 1.807) is 0 Å². The average molecular weight is 415 g/mol. The van der Waals surface area contributed by atoms with Crippen molar-refractivity contribution < 1.29 is 9.16 Å². The minimum Gasteiger partial charge on any atom is -0.418 e. The van der Waals surface area contributed by atoms with Gasteiger partial charge in [0.2, 0.25) is 0 Å². The molecule has 0 aromatic rings. The maximum absolute atomic E-state index is 6.46. The Labute approximate surface area is 173 Å². The molecule has 1 rings (SSSR count). The fraction of sp³-hybridized carbons (Fsp3) is 1.00. The van der Waals surface area contributed by atoms with Crippen LogP contribution in [-0.2, 0) is 9.16 Å². The highest BCUT2D eigenvalue weighted by Crippen LogP contribution is 2.26. The number of hydrogen-bond donors (Lipinski definition) is 0. The quantitative estimate of drug-likeness (QED) is 0.188. The van der Waals surface area contributed by atoms with Gasteiger partial charge in [0, 0.05) is 18.9 Å². The first-order chi connectivity index (χ1) is 12.9. The Balaban J connectivity index is 2.03. The highest BCUT2D eigenvalue weighted by atomic mass is 28.4. The van der Waals surface area contributed by atoms with Crippen molar-refractivity contribution in [3.63, 3.8) is 0 Å². The molecule has 0 N–H and O–H groups in total. The summed E-state index contributed by atoms with van der Waals surface area (Å²) in [4.78, 5) is 0. The molecule has 4 heteroatoms. The van der Waals surface area contributed by atoms with Crippen LogP contribution >= 0.6 is 0 Å². The first-order valence-electron chi connectivity index (χ1n) is 12.1. The summed E-state index contributed by atoms with van der Waals surface area (Å²) in [6.45, 7) is 14.1. The third kappa shape index (κ3) is 12.5. The Hall–Kier alpha value is 0.354. The predicted octanol–water partition coefficient (Wildman–Crippen LogP) is 7.95. The number of hydrogen-bond acceptors (Lipinski definition) is 2. The van der Waals surface area contributed by atoms with Gasteiger partial charge in [-0.2, -0.15) is 0 Å². The molecule has 1 saturated heterocycles. The summed E-state index contributed by atoms with van der Waals surface area (Å²) in [6, 6.07) is 2.61. The second-order valence-electron chi connectivity index (χ2n) is 10.1. The van der Waals surface area contributed by atoms with Crippen molar-refractivity contribution in [2.45, 2.75) is 134 Å². The Morgan fingerprint density at radius 3 is 1.93 bits per heavy atom. The van der Waals surface area contributed by atoms with E-state index in [2.05, 4.69) is 33.1 Å². The maximum atomic E-state index is 6.46. The number of ether oxygens (including phenoxy) is 1. The molecule has 1 fully saturated rings. The van der Waals surface area contributed by atoms with Gasteiger partial charge in [-0.15, -0.1) is 0 Å². The van der Waals surface area contributed by atoms with Crippen molar-refractivity contribution in [1.82, 2.24) is 0 Å². The molecular weight excluding hydrogens is 364 g/mol. The van der Waals surface area contributed by atoms with Crippen LogP contribution in [0.1, 0.15) is 90.4 Å². The SMILES string of the molecule is CCCCCCCCCCCC[Si](C)(C)OCC[Si](C)(C)C1CCCCO1. The highest BCUT2D eigenvalue weighted by molar-refractivity contribution is 6.78. The smallest absolute Gasteiger partial charge is 0.186 e. The van der Waals surface area contributed by atoms with Gasteiger partial charge in [0.15, 0.2) is 8.32 Å². The van der Waals surface area contributed by atoms with Crippen LogP contribution in [0.25, 0.3) is 0 Å². The van der Waals surface area contributed by atoms with Gasteiger partial charge in [-0.1, -0.05) is 84.2 Å². The fourth-order valence-corrected chi connectivity index (χ4v) is 8.83. The molecule has 0 aromatic heterocycles. The first-order valence-corrected chi connectivity index (χ1v) is 18.5. The van der Waals surface area contributed by atoms with E-state index < -0.39 is 16.4 Å². The van der Waals surface area contributed by atoms with Crippen LogP contribution < -0.4 is 0 Å². The van der Waals surface area contributed by atoms with E-state index in [0.29, 0.717) is 5.73 Å². The molecule has 0 bridgehead atoms. The molecule has 162 valence electrons. The zero-order valence-corrected chi connectivity index (χ0v) is 21.4. The fourth-order valence-electron chi connectivity index (χ4n) is 4.22. The second-order valence-corrected chi connectivity index (χ2v) is 19.6. The van der Waals surface area contributed by atoms with Crippen LogP contribution in [0.15, 0.2) is 0 Å². The van der Waals surface area contributed by atoms with Gasteiger partial charge in [0.1, 0.15) is 0 Å². The van der Waals surface area contributed by atoms with Gasteiger partial charge in [0.25, 0.3) is 0 Å². The van der Waals surface area contributed by atoms with Crippen molar-refractivity contribution in [2.24, 2.45) is 0 Å². The Kier molecular flexibility index (Phi) is 13.5. The topological polar surface area (TPSA) is 18.5 Å². The predicted molar refractivity (Wildman–Crippen MR) is 126 cm³/mol. The van der Waals surface area contributed by atoms with Crippen LogP contribution in [0.2, 0.25) is 38.3 Å². The minimum absolute atomic E-state index is 0.571. The number of unbranched alkanes of at least 4 members (excludes halogenated alkanes) is 9. The molecule has 0 radical (unpaired) electrons. The molecule has 27 heavy (non-hydrogen) atoms. The zero-order chi connectivity index (χ0) is 20.0. The minimum atomic E-state index is -1.46. The molecule has 0 aliphatic carbocycles. The van der Waals surface area contributed by atoms with E-state index in [4.69, 9.17) is 9.16 Å². The Morgan fingerprint density at radius 1 is 0.778 bits per heavy atom. The monoisotopic (exact) mass is 414 g/mol. The zero-order valence-electron chi connectivity index (χ0n) is 19.4. The van der Waals surface area contributed by atoms with E-state index >= 15 is 0 Å². The number of rotatable bonds is 16. The molecule has 2 nitrogen and oxygen atoms in total. The molecule has 0 aromatic carbocycles. The summed E-state index contributed by atoms with van der Waals surface area (Å²) < 4.78 is 12.5. The standard InChI is InChI=1S/C23H50O2Si2/c1-6-7-8-9-10-11-12-13-14-17-21-27(4,5)25-20-22-26(2,3)23-18-15-16-19-24-23/h23H,6-22H2,1-5H3. The van der Waals surface area contributed by atoms with Crippen LogP contribution in [0.5, 0.6) is 0 Å². The van der Waals surface area contributed by atoms with Crippen LogP contribution in [0.3, 0.4) is 0 Å². The van der Waals surface area contributed by atoms with Gasteiger partial charge in [-0.25, -0.2) is 0 Å². The Bertz CT molecular complexity index is 352. The van der Waals surface area contributed by atoms with Crippen LogP contribution in [0, 0.1) is 0 Å². The Morgan fingerprint density at radius 2 is 1.37 bits per heavy atom. The molecule has 1 unspecified atom stereocenters. The first kappa shape index (κ1) is 25.4. The largest absolute Gasteiger partial charge is 0.418 e. The lowest BCUT2D eigenvalue weighted by molar-refractivity contribution is 0.0593. The lowest BCUT2D eigenvalue weighted by atomic mass is 10.1. The summed E-state index contributed by atoms with van der Waals surface area (Å²) in [6.07, 6.45) is 18.1. The second kappa shape index (κ2) is 14.4.